The zero-order valence-electron chi connectivity index (χ0n) is 16.2. The molecule has 0 atom stereocenters. The molecule has 0 saturated carbocycles. The number of alkyl halides is 3. The van der Waals surface area contributed by atoms with E-state index in [1.54, 1.807) is 0 Å². The van der Waals surface area contributed by atoms with E-state index in [-0.39, 0.29) is 22.4 Å². The van der Waals surface area contributed by atoms with Crippen LogP contribution >= 0.6 is 22.9 Å². The maximum Gasteiger partial charge on any atom is 0.416 e. The molecular formula is C19H14ClF3N6OS. The second-order valence-corrected chi connectivity index (χ2v) is 8.28. The number of halogens is 4. The van der Waals surface area contributed by atoms with Gasteiger partial charge in [-0.2, -0.15) is 18.2 Å². The first kappa shape index (κ1) is 21.2. The number of amides is 1. The smallest absolute Gasteiger partial charge is 0.295 e. The zero-order valence-corrected chi connectivity index (χ0v) is 17.7. The molecule has 3 heterocycles. The van der Waals surface area contributed by atoms with Crippen molar-refractivity contribution in [1.29, 1.82) is 0 Å². The highest BCUT2D eigenvalue weighted by atomic mass is 35.5. The van der Waals surface area contributed by atoms with Crippen LogP contribution in [0.5, 0.6) is 0 Å². The van der Waals surface area contributed by atoms with E-state index in [0.29, 0.717) is 16.2 Å². The molecule has 0 bridgehead atoms. The average Bonchev–Trinajstić information content (AvgIpc) is 3.29. The van der Waals surface area contributed by atoms with Crippen molar-refractivity contribution in [1.82, 2.24) is 24.6 Å². The van der Waals surface area contributed by atoms with Crippen LogP contribution in [0, 0.1) is 13.8 Å². The Hall–Kier alpha value is -3.05. The molecule has 0 aliphatic rings. The number of fused-ring (bicyclic) bond motifs is 1. The molecule has 12 heteroatoms. The van der Waals surface area contributed by atoms with E-state index in [2.05, 4.69) is 25.4 Å². The van der Waals surface area contributed by atoms with Crippen LogP contribution < -0.4 is 5.32 Å². The largest absolute Gasteiger partial charge is 0.416 e. The molecule has 4 aromatic rings. The fourth-order valence-electron chi connectivity index (χ4n) is 2.94. The molecule has 0 radical (unpaired) electrons. The summed E-state index contributed by atoms with van der Waals surface area (Å²) in [6.07, 6.45) is -2.84. The van der Waals surface area contributed by atoms with Crippen molar-refractivity contribution in [2.24, 2.45) is 0 Å². The molecule has 0 aliphatic heterocycles. The quantitative estimate of drug-likeness (QED) is 0.470. The molecule has 0 unspecified atom stereocenters. The van der Waals surface area contributed by atoms with E-state index >= 15 is 0 Å². The Labute approximate surface area is 182 Å². The molecule has 1 N–H and O–H groups in total. The predicted molar refractivity (Wildman–Crippen MR) is 110 cm³/mol. The van der Waals surface area contributed by atoms with E-state index in [4.69, 9.17) is 11.6 Å². The Bertz CT molecular complexity index is 1300. The van der Waals surface area contributed by atoms with Gasteiger partial charge in [-0.1, -0.05) is 11.6 Å². The molecule has 4 rings (SSSR count). The highest BCUT2D eigenvalue weighted by molar-refractivity contribution is 7.15. The third-order valence-corrected chi connectivity index (χ3v) is 5.61. The lowest BCUT2D eigenvalue weighted by molar-refractivity contribution is -0.137. The van der Waals surface area contributed by atoms with Gasteiger partial charge in [0.15, 0.2) is 5.13 Å². The number of benzene rings is 1. The Morgan fingerprint density at radius 2 is 2.00 bits per heavy atom. The molecule has 3 aromatic heterocycles. The first-order chi connectivity index (χ1) is 14.6. The minimum Gasteiger partial charge on any atom is -0.295 e. The van der Waals surface area contributed by atoms with Crippen LogP contribution in [0.2, 0.25) is 5.02 Å². The van der Waals surface area contributed by atoms with Gasteiger partial charge in [-0.3, -0.25) is 10.1 Å². The summed E-state index contributed by atoms with van der Waals surface area (Å²) < 4.78 is 40.3. The Morgan fingerprint density at radius 3 is 2.74 bits per heavy atom. The van der Waals surface area contributed by atoms with Gasteiger partial charge in [-0.05, 0) is 43.7 Å². The van der Waals surface area contributed by atoms with Crippen molar-refractivity contribution in [3.05, 3.63) is 68.7 Å². The van der Waals surface area contributed by atoms with Crippen LogP contribution in [0.15, 0.2) is 30.5 Å². The summed E-state index contributed by atoms with van der Waals surface area (Å²) in [5.74, 6) is -0.332. The number of carbonyl (C=O) groups excluding carboxylic acids is 1. The number of anilines is 1. The number of rotatable bonds is 4. The number of nitrogens with zero attached hydrogens (tertiary/aromatic N) is 5. The average molecular weight is 467 g/mol. The molecule has 0 saturated heterocycles. The monoisotopic (exact) mass is 466 g/mol. The summed E-state index contributed by atoms with van der Waals surface area (Å²) in [6, 6.07) is 4.98. The summed E-state index contributed by atoms with van der Waals surface area (Å²) in [6.45, 7) is 3.64. The number of carbonyl (C=O) groups is 1. The van der Waals surface area contributed by atoms with E-state index < -0.39 is 17.6 Å². The van der Waals surface area contributed by atoms with Gasteiger partial charge in [0, 0.05) is 33.9 Å². The first-order valence-electron chi connectivity index (χ1n) is 8.93. The molecule has 1 aromatic carbocycles. The number of thiazole rings is 1. The van der Waals surface area contributed by atoms with E-state index in [9.17, 15) is 18.0 Å². The van der Waals surface area contributed by atoms with E-state index in [1.807, 2.05) is 19.9 Å². The molecule has 31 heavy (non-hydrogen) atoms. The lowest BCUT2D eigenvalue weighted by Crippen LogP contribution is -2.13. The number of aromatic nitrogens is 5. The maximum atomic E-state index is 13.0. The normalized spacial score (nSPS) is 11.8. The molecule has 160 valence electrons. The van der Waals surface area contributed by atoms with Gasteiger partial charge >= 0.3 is 6.18 Å². The molecule has 0 spiro atoms. The lowest BCUT2D eigenvalue weighted by Gasteiger charge is -2.09. The van der Waals surface area contributed by atoms with Crippen LogP contribution in [0.25, 0.3) is 5.78 Å². The van der Waals surface area contributed by atoms with Crippen LogP contribution in [0.4, 0.5) is 18.3 Å². The van der Waals surface area contributed by atoms with Crippen molar-refractivity contribution in [3.8, 4) is 0 Å². The number of hydrogen-bond acceptors (Lipinski definition) is 6. The van der Waals surface area contributed by atoms with Gasteiger partial charge in [0.05, 0.1) is 5.56 Å². The highest BCUT2D eigenvalue weighted by Crippen LogP contribution is 2.33. The van der Waals surface area contributed by atoms with Crippen molar-refractivity contribution in [2.45, 2.75) is 26.4 Å². The van der Waals surface area contributed by atoms with Crippen molar-refractivity contribution >= 4 is 39.8 Å². The molecule has 1 amide bonds. The highest BCUT2D eigenvalue weighted by Gasteiger charge is 2.31. The SMILES string of the molecule is Cc1cc(C)n2nc(C(=O)Nc3ncc(Cc4cc(C(F)(F)F)ccc4Cl)s3)nc2n1. The van der Waals surface area contributed by atoms with Crippen molar-refractivity contribution < 1.29 is 18.0 Å². The van der Waals surface area contributed by atoms with Crippen LogP contribution in [-0.2, 0) is 12.6 Å². The zero-order chi connectivity index (χ0) is 22.3. The second-order valence-electron chi connectivity index (χ2n) is 6.75. The summed E-state index contributed by atoms with van der Waals surface area (Å²) >= 11 is 7.18. The topological polar surface area (TPSA) is 85.1 Å². The Morgan fingerprint density at radius 1 is 1.23 bits per heavy atom. The summed E-state index contributed by atoms with van der Waals surface area (Å²) in [7, 11) is 0. The van der Waals surface area contributed by atoms with Gasteiger partial charge in [-0.25, -0.2) is 14.5 Å². The number of hydrogen-bond donors (Lipinski definition) is 1. The Kier molecular flexibility index (Phi) is 5.40. The number of nitrogens with one attached hydrogen (secondary N) is 1. The van der Waals surface area contributed by atoms with Gasteiger partial charge in [-0.15, -0.1) is 16.4 Å². The van der Waals surface area contributed by atoms with Crippen molar-refractivity contribution in [2.75, 3.05) is 5.32 Å². The fourth-order valence-corrected chi connectivity index (χ4v) is 3.95. The fraction of sp³-hybridized carbons (Fsp3) is 0.211. The van der Waals surface area contributed by atoms with Crippen LogP contribution in [-0.4, -0.2) is 30.5 Å². The summed E-state index contributed by atoms with van der Waals surface area (Å²) in [4.78, 5) is 25.6. The molecule has 0 aliphatic carbocycles. The molecule has 7 nitrogen and oxygen atoms in total. The molecule has 0 fully saturated rings. The number of aryl methyl sites for hydroxylation is 2. The van der Waals surface area contributed by atoms with E-state index in [1.165, 1.54) is 16.8 Å². The van der Waals surface area contributed by atoms with Gasteiger partial charge < -0.3 is 0 Å². The summed E-state index contributed by atoms with van der Waals surface area (Å²) in [5, 5.41) is 7.24. The second kappa shape index (κ2) is 7.89. The minimum atomic E-state index is -4.46. The van der Waals surface area contributed by atoms with Gasteiger partial charge in [0.1, 0.15) is 0 Å². The van der Waals surface area contributed by atoms with E-state index in [0.717, 1.165) is 34.9 Å². The predicted octanol–water partition coefficient (Wildman–Crippen LogP) is 4.71. The van der Waals surface area contributed by atoms with Crippen LogP contribution in [0.1, 0.15) is 38.0 Å². The maximum absolute atomic E-state index is 13.0. The summed E-state index contributed by atoms with van der Waals surface area (Å²) in [5.41, 5.74) is 1.07. The van der Waals surface area contributed by atoms with Gasteiger partial charge in [0.2, 0.25) is 5.82 Å². The van der Waals surface area contributed by atoms with Gasteiger partial charge in [0.25, 0.3) is 11.7 Å². The first-order valence-corrected chi connectivity index (χ1v) is 10.1. The standard InChI is InChI=1S/C19H14ClF3N6OS/c1-9-5-10(2)29-17(25-9)26-15(28-29)16(30)27-18-24-8-13(31-18)7-11-6-12(19(21,22)23)3-4-14(11)20/h3-6,8H,7H2,1-2H3,(H,24,27,30). The molecular weight excluding hydrogens is 453 g/mol. The Balaban J connectivity index is 1.51. The lowest BCUT2D eigenvalue weighted by atomic mass is 10.1. The van der Waals surface area contributed by atoms with Crippen LogP contribution in [0.3, 0.4) is 0 Å². The third kappa shape index (κ3) is 4.52. The minimum absolute atomic E-state index is 0.0705. The third-order valence-electron chi connectivity index (χ3n) is 4.33. The van der Waals surface area contributed by atoms with Crippen molar-refractivity contribution in [3.63, 3.8) is 0 Å².